The Hall–Kier alpha value is -2.69. The van der Waals surface area contributed by atoms with Gasteiger partial charge in [0, 0.05) is 44.4 Å². The third-order valence-corrected chi connectivity index (χ3v) is 4.94. The summed E-state index contributed by atoms with van der Waals surface area (Å²) >= 11 is 0. The number of anilines is 1. The maximum absolute atomic E-state index is 12.5. The number of aryl methyl sites for hydroxylation is 1. The molecule has 0 atom stereocenters. The van der Waals surface area contributed by atoms with Gasteiger partial charge in [0.15, 0.2) is 0 Å². The van der Waals surface area contributed by atoms with Crippen molar-refractivity contribution in [3.63, 3.8) is 0 Å². The van der Waals surface area contributed by atoms with Gasteiger partial charge >= 0.3 is 0 Å². The van der Waals surface area contributed by atoms with Crippen LogP contribution in [0, 0.1) is 6.92 Å². The third-order valence-electron chi connectivity index (χ3n) is 4.94. The minimum Gasteiger partial charge on any atom is -0.497 e. The molecule has 3 rings (SSSR count). The average molecular weight is 368 g/mol. The van der Waals surface area contributed by atoms with Crippen LogP contribution in [-0.4, -0.2) is 50.7 Å². The highest BCUT2D eigenvalue weighted by Gasteiger charge is 2.21. The van der Waals surface area contributed by atoms with Gasteiger partial charge in [0.2, 0.25) is 5.91 Å². The summed E-state index contributed by atoms with van der Waals surface area (Å²) in [6.07, 6.45) is 1.27. The number of carbonyl (C=O) groups is 1. The van der Waals surface area contributed by atoms with Gasteiger partial charge in [-0.2, -0.15) is 0 Å². The Morgan fingerprint density at radius 3 is 2.56 bits per heavy atom. The number of nitrogens with zero attached hydrogens (tertiary/aromatic N) is 2. The first kappa shape index (κ1) is 19.1. The molecule has 27 heavy (non-hydrogen) atoms. The largest absolute Gasteiger partial charge is 0.497 e. The van der Waals surface area contributed by atoms with Crippen molar-refractivity contribution in [2.45, 2.75) is 19.8 Å². The predicted octanol–water partition coefficient (Wildman–Crippen LogP) is 3.51. The van der Waals surface area contributed by atoms with Gasteiger partial charge in [-0.3, -0.25) is 4.79 Å². The molecule has 1 fully saturated rings. The van der Waals surface area contributed by atoms with Crippen molar-refractivity contribution < 1.29 is 14.3 Å². The summed E-state index contributed by atoms with van der Waals surface area (Å²) in [5.74, 6) is 1.98. The van der Waals surface area contributed by atoms with E-state index in [4.69, 9.17) is 9.47 Å². The molecule has 144 valence electrons. The zero-order valence-corrected chi connectivity index (χ0v) is 16.2. The summed E-state index contributed by atoms with van der Waals surface area (Å²) in [5.41, 5.74) is 2.27. The van der Waals surface area contributed by atoms with Gasteiger partial charge in [-0.25, -0.2) is 0 Å². The molecular formula is C22H28N2O3. The zero-order chi connectivity index (χ0) is 19.1. The van der Waals surface area contributed by atoms with Crippen molar-refractivity contribution in [1.29, 1.82) is 0 Å². The second-order valence-electron chi connectivity index (χ2n) is 6.79. The van der Waals surface area contributed by atoms with E-state index in [0.717, 1.165) is 55.3 Å². The van der Waals surface area contributed by atoms with E-state index in [1.807, 2.05) is 54.3 Å². The van der Waals surface area contributed by atoms with Crippen LogP contribution in [0.2, 0.25) is 0 Å². The van der Waals surface area contributed by atoms with Crippen molar-refractivity contribution in [2.24, 2.45) is 0 Å². The number of rotatable bonds is 7. The van der Waals surface area contributed by atoms with E-state index < -0.39 is 0 Å². The molecule has 0 aliphatic carbocycles. The monoisotopic (exact) mass is 368 g/mol. The topological polar surface area (TPSA) is 42.0 Å². The van der Waals surface area contributed by atoms with Crippen molar-refractivity contribution in [1.82, 2.24) is 4.90 Å². The molecule has 1 aliphatic heterocycles. The molecule has 5 heteroatoms. The zero-order valence-electron chi connectivity index (χ0n) is 16.2. The summed E-state index contributed by atoms with van der Waals surface area (Å²) < 4.78 is 11.1. The highest BCUT2D eigenvalue weighted by atomic mass is 16.5. The fourth-order valence-electron chi connectivity index (χ4n) is 3.30. The molecule has 0 spiro atoms. The van der Waals surface area contributed by atoms with E-state index in [-0.39, 0.29) is 5.91 Å². The Morgan fingerprint density at radius 2 is 1.81 bits per heavy atom. The van der Waals surface area contributed by atoms with Crippen LogP contribution in [0.5, 0.6) is 11.5 Å². The van der Waals surface area contributed by atoms with E-state index >= 15 is 0 Å². The highest BCUT2D eigenvalue weighted by Crippen LogP contribution is 2.22. The van der Waals surface area contributed by atoms with Crippen LogP contribution < -0.4 is 14.4 Å². The smallest absolute Gasteiger partial charge is 0.222 e. The van der Waals surface area contributed by atoms with Crippen LogP contribution in [0.25, 0.3) is 0 Å². The Bertz CT molecular complexity index is 755. The lowest BCUT2D eigenvalue weighted by Crippen LogP contribution is -2.48. The summed E-state index contributed by atoms with van der Waals surface area (Å²) in [5, 5.41) is 0. The first-order valence-electron chi connectivity index (χ1n) is 9.52. The first-order valence-corrected chi connectivity index (χ1v) is 9.52. The Balaban J connectivity index is 1.40. The lowest BCUT2D eigenvalue weighted by Gasteiger charge is -2.36. The molecule has 0 radical (unpaired) electrons. The van der Waals surface area contributed by atoms with E-state index in [9.17, 15) is 4.79 Å². The SMILES string of the molecule is COc1cccc(N2CCN(C(=O)CCCOc3ccccc3C)CC2)c1. The van der Waals surface area contributed by atoms with Crippen LogP contribution in [0.4, 0.5) is 5.69 Å². The number of amides is 1. The minimum atomic E-state index is 0.216. The molecule has 5 nitrogen and oxygen atoms in total. The normalized spacial score (nSPS) is 14.1. The van der Waals surface area contributed by atoms with E-state index in [1.54, 1.807) is 7.11 Å². The summed E-state index contributed by atoms with van der Waals surface area (Å²) in [6, 6.07) is 16.0. The molecule has 2 aromatic rings. The number of benzene rings is 2. The number of piperazine rings is 1. The van der Waals surface area contributed by atoms with Crippen LogP contribution in [0.15, 0.2) is 48.5 Å². The highest BCUT2D eigenvalue weighted by molar-refractivity contribution is 5.76. The molecule has 1 aliphatic rings. The predicted molar refractivity (Wildman–Crippen MR) is 108 cm³/mol. The quantitative estimate of drug-likeness (QED) is 0.702. The molecule has 0 bridgehead atoms. The number of hydrogen-bond donors (Lipinski definition) is 0. The van der Waals surface area contributed by atoms with Crippen molar-refractivity contribution in [3.8, 4) is 11.5 Å². The van der Waals surface area contributed by atoms with E-state index in [0.29, 0.717) is 13.0 Å². The lowest BCUT2D eigenvalue weighted by molar-refractivity contribution is -0.131. The van der Waals surface area contributed by atoms with Crippen LogP contribution >= 0.6 is 0 Å². The third kappa shape index (κ3) is 5.16. The summed E-state index contributed by atoms with van der Waals surface area (Å²) in [7, 11) is 1.68. The number of hydrogen-bond acceptors (Lipinski definition) is 4. The molecule has 2 aromatic carbocycles. The first-order chi connectivity index (χ1) is 13.2. The van der Waals surface area contributed by atoms with E-state index in [2.05, 4.69) is 11.0 Å². The van der Waals surface area contributed by atoms with Gasteiger partial charge in [-0.1, -0.05) is 24.3 Å². The van der Waals surface area contributed by atoms with Crippen molar-refractivity contribution in [2.75, 3.05) is 44.8 Å². The lowest BCUT2D eigenvalue weighted by atomic mass is 10.2. The Kier molecular flexibility index (Phi) is 6.58. The van der Waals surface area contributed by atoms with Crippen molar-refractivity contribution in [3.05, 3.63) is 54.1 Å². The molecule has 0 saturated carbocycles. The standard InChI is InChI=1S/C22H28N2O3/c1-18-7-3-4-10-21(18)27-16-6-11-22(25)24-14-12-23(13-15-24)19-8-5-9-20(17-19)26-2/h3-5,7-10,17H,6,11-16H2,1-2H3. The Morgan fingerprint density at radius 1 is 1.04 bits per heavy atom. The molecule has 1 amide bonds. The minimum absolute atomic E-state index is 0.216. The van der Waals surface area contributed by atoms with E-state index in [1.165, 1.54) is 0 Å². The molecule has 1 heterocycles. The fraction of sp³-hybridized carbons (Fsp3) is 0.409. The van der Waals surface area contributed by atoms with Crippen LogP contribution in [-0.2, 0) is 4.79 Å². The molecule has 0 N–H and O–H groups in total. The van der Waals surface area contributed by atoms with Gasteiger partial charge in [-0.05, 0) is 37.1 Å². The number of para-hydroxylation sites is 1. The average Bonchev–Trinajstić information content (AvgIpc) is 2.72. The second kappa shape index (κ2) is 9.31. The molecule has 0 aromatic heterocycles. The van der Waals surface area contributed by atoms with Gasteiger partial charge in [0.05, 0.1) is 13.7 Å². The number of carbonyl (C=O) groups excluding carboxylic acids is 1. The van der Waals surface area contributed by atoms with Crippen molar-refractivity contribution >= 4 is 11.6 Å². The maximum atomic E-state index is 12.5. The molecule has 0 unspecified atom stereocenters. The maximum Gasteiger partial charge on any atom is 0.222 e. The van der Waals surface area contributed by atoms with Gasteiger partial charge in [0.25, 0.3) is 0 Å². The molecular weight excluding hydrogens is 340 g/mol. The van der Waals surface area contributed by atoms with Crippen LogP contribution in [0.1, 0.15) is 18.4 Å². The number of methoxy groups -OCH3 is 1. The van der Waals surface area contributed by atoms with Gasteiger partial charge < -0.3 is 19.3 Å². The fourth-order valence-corrected chi connectivity index (χ4v) is 3.30. The number of ether oxygens (including phenoxy) is 2. The van der Waals surface area contributed by atoms with Gasteiger partial charge in [-0.15, -0.1) is 0 Å². The second-order valence-corrected chi connectivity index (χ2v) is 6.79. The summed E-state index contributed by atoms with van der Waals surface area (Å²) in [6.45, 7) is 5.81. The molecule has 1 saturated heterocycles. The summed E-state index contributed by atoms with van der Waals surface area (Å²) in [4.78, 5) is 16.7. The van der Waals surface area contributed by atoms with Gasteiger partial charge in [0.1, 0.15) is 11.5 Å². The van der Waals surface area contributed by atoms with Crippen LogP contribution in [0.3, 0.4) is 0 Å². The Labute approximate surface area is 161 Å².